The fraction of sp³-hybridized carbons (Fsp3) is 0.111. The van der Waals surface area contributed by atoms with Crippen molar-refractivity contribution in [2.45, 2.75) is 6.04 Å². The van der Waals surface area contributed by atoms with Gasteiger partial charge in [0.2, 0.25) is 0 Å². The van der Waals surface area contributed by atoms with Crippen LogP contribution in [0.2, 0.25) is 5.02 Å². The Bertz CT molecular complexity index is 918. The van der Waals surface area contributed by atoms with Gasteiger partial charge in [0.15, 0.2) is 0 Å². The predicted octanol–water partition coefficient (Wildman–Crippen LogP) is 3.57. The Morgan fingerprint density at radius 2 is 1.88 bits per heavy atom. The summed E-state index contributed by atoms with van der Waals surface area (Å²) in [6.07, 6.45) is 0. The molecule has 24 heavy (non-hydrogen) atoms. The number of fused-ring (bicyclic) bond motifs is 1. The van der Waals surface area contributed by atoms with Crippen LogP contribution in [0, 0.1) is 0 Å². The molecule has 0 spiro atoms. The van der Waals surface area contributed by atoms with Crippen LogP contribution in [0.5, 0.6) is 5.75 Å². The topological polar surface area (TPSA) is 67.0 Å². The number of aromatic nitrogens is 2. The first-order valence-corrected chi connectivity index (χ1v) is 7.85. The lowest BCUT2D eigenvalue weighted by atomic mass is 9.97. The molecule has 2 heterocycles. The maximum absolute atomic E-state index is 12.3. The first-order chi connectivity index (χ1) is 11.7. The van der Waals surface area contributed by atoms with E-state index >= 15 is 0 Å². The number of carbonyl (C=O) groups is 1. The summed E-state index contributed by atoms with van der Waals surface area (Å²) in [5.74, 6) is 0.588. The van der Waals surface area contributed by atoms with Gasteiger partial charge in [-0.15, -0.1) is 0 Å². The van der Waals surface area contributed by atoms with Gasteiger partial charge in [-0.3, -0.25) is 9.89 Å². The molecule has 4 rings (SSSR count). The highest BCUT2D eigenvalue weighted by atomic mass is 35.5. The molecule has 2 aromatic carbocycles. The van der Waals surface area contributed by atoms with Gasteiger partial charge in [0, 0.05) is 16.1 Å². The molecule has 0 aliphatic carbocycles. The van der Waals surface area contributed by atoms with Crippen LogP contribution in [0.3, 0.4) is 0 Å². The highest BCUT2D eigenvalue weighted by Crippen LogP contribution is 2.39. The highest BCUT2D eigenvalue weighted by Gasteiger charge is 2.36. The van der Waals surface area contributed by atoms with E-state index < -0.39 is 0 Å². The van der Waals surface area contributed by atoms with Crippen LogP contribution in [0.1, 0.15) is 27.7 Å². The van der Waals surface area contributed by atoms with Crippen LogP contribution in [0.25, 0.3) is 11.3 Å². The summed E-state index contributed by atoms with van der Waals surface area (Å²) in [6.45, 7) is 0. The molecule has 120 valence electrons. The molecule has 5 nitrogen and oxygen atoms in total. The van der Waals surface area contributed by atoms with Crippen molar-refractivity contribution in [3.8, 4) is 17.0 Å². The van der Waals surface area contributed by atoms with Gasteiger partial charge in [0.05, 0.1) is 18.8 Å². The lowest BCUT2D eigenvalue weighted by Crippen LogP contribution is -2.21. The number of carbonyl (C=O) groups excluding carboxylic acids is 1. The van der Waals surface area contributed by atoms with Crippen LogP contribution in [0.15, 0.2) is 48.5 Å². The largest absolute Gasteiger partial charge is 0.497 e. The van der Waals surface area contributed by atoms with Crippen molar-refractivity contribution in [3.05, 3.63) is 70.4 Å². The Balaban J connectivity index is 1.84. The number of hydrogen-bond acceptors (Lipinski definition) is 3. The van der Waals surface area contributed by atoms with Gasteiger partial charge < -0.3 is 10.1 Å². The smallest absolute Gasteiger partial charge is 0.270 e. The number of amides is 1. The third kappa shape index (κ3) is 2.25. The summed E-state index contributed by atoms with van der Waals surface area (Å²) >= 11 is 6.33. The van der Waals surface area contributed by atoms with Crippen LogP contribution in [-0.2, 0) is 0 Å². The maximum Gasteiger partial charge on any atom is 0.270 e. The van der Waals surface area contributed by atoms with E-state index in [9.17, 15) is 4.79 Å². The minimum Gasteiger partial charge on any atom is -0.497 e. The van der Waals surface area contributed by atoms with E-state index in [1.807, 2.05) is 48.5 Å². The van der Waals surface area contributed by atoms with Gasteiger partial charge in [-0.25, -0.2) is 0 Å². The Labute approximate surface area is 143 Å². The van der Waals surface area contributed by atoms with E-state index in [4.69, 9.17) is 16.3 Å². The standard InChI is InChI=1S/C18H14ClN3O2/c1-24-11-8-6-10(7-9-11)15-14-16(12-4-2-3-5-13(12)19)20-18(23)17(14)22-21-15/h2-9,16H,1H3,(H,20,23)(H,21,22)/t16-/m0/s1. The molecule has 0 unspecified atom stereocenters. The number of halogens is 1. The Morgan fingerprint density at radius 3 is 2.58 bits per heavy atom. The number of methoxy groups -OCH3 is 1. The van der Waals surface area contributed by atoms with Gasteiger partial charge in [-0.2, -0.15) is 5.10 Å². The quantitative estimate of drug-likeness (QED) is 0.766. The van der Waals surface area contributed by atoms with Crippen molar-refractivity contribution >= 4 is 17.5 Å². The predicted molar refractivity (Wildman–Crippen MR) is 91.3 cm³/mol. The zero-order valence-electron chi connectivity index (χ0n) is 12.8. The molecule has 3 aromatic rings. The van der Waals surface area contributed by atoms with Crippen molar-refractivity contribution in [3.63, 3.8) is 0 Å². The van der Waals surface area contributed by atoms with Crippen molar-refractivity contribution in [2.24, 2.45) is 0 Å². The van der Waals surface area contributed by atoms with Crippen molar-refractivity contribution < 1.29 is 9.53 Å². The molecule has 1 atom stereocenters. The van der Waals surface area contributed by atoms with Gasteiger partial charge >= 0.3 is 0 Å². The first-order valence-electron chi connectivity index (χ1n) is 7.47. The minimum absolute atomic E-state index is 0.179. The van der Waals surface area contributed by atoms with Crippen molar-refractivity contribution in [2.75, 3.05) is 7.11 Å². The second kappa shape index (κ2) is 5.69. The van der Waals surface area contributed by atoms with Gasteiger partial charge in [0.25, 0.3) is 5.91 Å². The molecule has 0 saturated carbocycles. The number of rotatable bonds is 3. The number of H-pyrrole nitrogens is 1. The number of aromatic amines is 1. The average molecular weight is 340 g/mol. The molecule has 1 aromatic heterocycles. The summed E-state index contributed by atoms with van der Waals surface area (Å²) in [5, 5.41) is 10.8. The summed E-state index contributed by atoms with van der Waals surface area (Å²) in [6, 6.07) is 14.7. The van der Waals surface area contributed by atoms with Gasteiger partial charge in [-0.1, -0.05) is 29.8 Å². The van der Waals surface area contributed by atoms with Crippen LogP contribution < -0.4 is 10.1 Å². The number of nitrogens with one attached hydrogen (secondary N) is 2. The Kier molecular flexibility index (Phi) is 3.50. The average Bonchev–Trinajstić information content (AvgIpc) is 3.17. The summed E-state index contributed by atoms with van der Waals surface area (Å²) in [4.78, 5) is 12.3. The molecule has 1 aliphatic heterocycles. The maximum atomic E-state index is 12.3. The van der Waals surface area contributed by atoms with Crippen LogP contribution in [0.4, 0.5) is 0 Å². The zero-order valence-corrected chi connectivity index (χ0v) is 13.6. The highest BCUT2D eigenvalue weighted by molar-refractivity contribution is 6.31. The van der Waals surface area contributed by atoms with E-state index in [2.05, 4.69) is 15.5 Å². The van der Waals surface area contributed by atoms with Crippen LogP contribution in [-0.4, -0.2) is 23.2 Å². The molecular weight excluding hydrogens is 326 g/mol. The second-order valence-electron chi connectivity index (χ2n) is 5.52. The van der Waals surface area contributed by atoms with E-state index in [0.29, 0.717) is 10.7 Å². The number of nitrogens with zero attached hydrogens (tertiary/aromatic N) is 1. The second-order valence-corrected chi connectivity index (χ2v) is 5.92. The molecule has 0 fully saturated rings. The molecule has 1 amide bonds. The van der Waals surface area contributed by atoms with Crippen molar-refractivity contribution in [1.29, 1.82) is 0 Å². The molecule has 6 heteroatoms. The van der Waals surface area contributed by atoms with Crippen LogP contribution >= 0.6 is 11.6 Å². The molecule has 0 radical (unpaired) electrons. The first kappa shape index (κ1) is 14.8. The Hall–Kier alpha value is -2.79. The minimum atomic E-state index is -0.322. The molecule has 2 N–H and O–H groups in total. The fourth-order valence-corrected chi connectivity index (χ4v) is 3.24. The lowest BCUT2D eigenvalue weighted by Gasteiger charge is -2.14. The fourth-order valence-electron chi connectivity index (χ4n) is 2.99. The molecule has 0 bridgehead atoms. The Morgan fingerprint density at radius 1 is 1.12 bits per heavy atom. The molecule has 1 aliphatic rings. The van der Waals surface area contributed by atoms with Crippen molar-refractivity contribution in [1.82, 2.24) is 15.5 Å². The van der Waals surface area contributed by atoms with Gasteiger partial charge in [-0.05, 0) is 35.9 Å². The van der Waals surface area contributed by atoms with E-state index in [0.717, 1.165) is 28.1 Å². The van der Waals surface area contributed by atoms with Gasteiger partial charge in [0.1, 0.15) is 11.4 Å². The summed E-state index contributed by atoms with van der Waals surface area (Å²) in [7, 11) is 1.62. The SMILES string of the molecule is COc1ccc(-c2n[nH]c3c2[C@H](c2ccccc2Cl)NC3=O)cc1. The number of benzene rings is 2. The summed E-state index contributed by atoms with van der Waals surface area (Å²) < 4.78 is 5.19. The van der Waals surface area contributed by atoms with E-state index in [1.54, 1.807) is 7.11 Å². The summed E-state index contributed by atoms with van der Waals surface area (Å²) in [5.41, 5.74) is 3.78. The third-order valence-corrected chi connectivity index (χ3v) is 4.52. The normalized spacial score (nSPS) is 15.9. The molecule has 0 saturated heterocycles. The number of hydrogen-bond donors (Lipinski definition) is 2. The third-order valence-electron chi connectivity index (χ3n) is 4.17. The zero-order chi connectivity index (χ0) is 16.7. The van der Waals surface area contributed by atoms with E-state index in [-0.39, 0.29) is 11.9 Å². The number of ether oxygens (including phenoxy) is 1. The lowest BCUT2D eigenvalue weighted by molar-refractivity contribution is 0.0955. The van der Waals surface area contributed by atoms with E-state index in [1.165, 1.54) is 0 Å². The monoisotopic (exact) mass is 339 g/mol. The molecular formula is C18H14ClN3O2.